The molecule has 4 atom stereocenters. The van der Waals surface area contributed by atoms with Crippen LogP contribution in [0.5, 0.6) is 0 Å². The monoisotopic (exact) mass is 258 g/mol. The van der Waals surface area contributed by atoms with Crippen LogP contribution in [0.2, 0.25) is 0 Å². The molecule has 19 heavy (non-hydrogen) atoms. The fourth-order valence-electron chi connectivity index (χ4n) is 4.12. The van der Waals surface area contributed by atoms with Gasteiger partial charge in [-0.15, -0.1) is 0 Å². The third-order valence-electron chi connectivity index (χ3n) is 5.69. The highest BCUT2D eigenvalue weighted by Gasteiger charge is 2.35. The highest BCUT2D eigenvalue weighted by Crippen LogP contribution is 2.39. The van der Waals surface area contributed by atoms with E-state index in [1.54, 1.807) is 0 Å². The summed E-state index contributed by atoms with van der Waals surface area (Å²) in [5.41, 5.74) is 2.92. The molecule has 0 heterocycles. The summed E-state index contributed by atoms with van der Waals surface area (Å²) >= 11 is 0. The molecule has 1 N–H and O–H groups in total. The number of hydrogen-bond donors (Lipinski definition) is 1. The molecule has 1 heteroatoms. The van der Waals surface area contributed by atoms with E-state index < -0.39 is 0 Å². The normalized spacial score (nSPS) is 33.1. The van der Waals surface area contributed by atoms with Gasteiger partial charge in [-0.2, -0.15) is 0 Å². The highest BCUT2D eigenvalue weighted by molar-refractivity contribution is 5.32. The Morgan fingerprint density at radius 3 is 2.16 bits per heavy atom. The van der Waals surface area contributed by atoms with Crippen LogP contribution in [-0.2, 0) is 12.8 Å². The van der Waals surface area contributed by atoms with Gasteiger partial charge in [0, 0.05) is 0 Å². The summed E-state index contributed by atoms with van der Waals surface area (Å²) in [6.45, 7) is 4.71. The van der Waals surface area contributed by atoms with E-state index in [0.717, 1.165) is 24.7 Å². The molecule has 1 nitrogen and oxygen atoms in total. The van der Waals surface area contributed by atoms with Gasteiger partial charge in [-0.05, 0) is 60.5 Å². The predicted octanol–water partition coefficient (Wildman–Crippen LogP) is 3.83. The Kier molecular flexibility index (Phi) is 3.66. The Labute approximate surface area is 117 Å². The molecule has 0 spiro atoms. The van der Waals surface area contributed by atoms with Gasteiger partial charge in [0.05, 0.1) is 6.10 Å². The number of aliphatic hydroxyl groups excluding tert-OH is 1. The van der Waals surface area contributed by atoms with Crippen molar-refractivity contribution in [2.24, 2.45) is 23.7 Å². The molecule has 0 bridgehead atoms. The van der Waals surface area contributed by atoms with E-state index in [-0.39, 0.29) is 6.10 Å². The lowest BCUT2D eigenvalue weighted by Crippen LogP contribution is -2.34. The molecular formula is C18H26O. The van der Waals surface area contributed by atoms with E-state index in [1.807, 2.05) is 0 Å². The lowest BCUT2D eigenvalue weighted by Gasteiger charge is -2.36. The van der Waals surface area contributed by atoms with Crippen molar-refractivity contribution < 1.29 is 5.11 Å². The van der Waals surface area contributed by atoms with Gasteiger partial charge in [0.25, 0.3) is 0 Å². The minimum atomic E-state index is -0.0950. The predicted molar refractivity (Wildman–Crippen MR) is 79.0 cm³/mol. The molecule has 0 radical (unpaired) electrons. The lowest BCUT2D eigenvalue weighted by atomic mass is 9.71. The Hall–Kier alpha value is -0.820. The van der Waals surface area contributed by atoms with Crippen molar-refractivity contribution in [2.45, 2.75) is 52.1 Å². The van der Waals surface area contributed by atoms with Gasteiger partial charge in [0.2, 0.25) is 0 Å². The molecule has 4 unspecified atom stereocenters. The first-order chi connectivity index (χ1) is 9.15. The minimum Gasteiger partial charge on any atom is -0.393 e. The van der Waals surface area contributed by atoms with Crippen molar-refractivity contribution in [3.63, 3.8) is 0 Å². The zero-order chi connectivity index (χ0) is 13.4. The van der Waals surface area contributed by atoms with E-state index in [9.17, 15) is 5.11 Å². The summed E-state index contributed by atoms with van der Waals surface area (Å²) in [6.07, 6.45) is 5.80. The van der Waals surface area contributed by atoms with Gasteiger partial charge in [-0.1, -0.05) is 44.5 Å². The summed E-state index contributed by atoms with van der Waals surface area (Å²) < 4.78 is 0. The van der Waals surface area contributed by atoms with Crippen LogP contribution in [0.3, 0.4) is 0 Å². The van der Waals surface area contributed by atoms with Crippen LogP contribution < -0.4 is 0 Å². The summed E-state index contributed by atoms with van der Waals surface area (Å²) in [5, 5.41) is 10.7. The lowest BCUT2D eigenvalue weighted by molar-refractivity contribution is 0.0171. The van der Waals surface area contributed by atoms with Crippen molar-refractivity contribution >= 4 is 0 Å². The number of fused-ring (bicyclic) bond motifs is 1. The number of aliphatic hydroxyl groups is 1. The van der Waals surface area contributed by atoms with Gasteiger partial charge in [-0.3, -0.25) is 0 Å². The van der Waals surface area contributed by atoms with Crippen molar-refractivity contribution in [1.29, 1.82) is 0 Å². The first kappa shape index (κ1) is 13.2. The van der Waals surface area contributed by atoms with Crippen LogP contribution in [0.25, 0.3) is 0 Å². The third kappa shape index (κ3) is 2.58. The average Bonchev–Trinajstić information content (AvgIpc) is 2.85. The van der Waals surface area contributed by atoms with Crippen molar-refractivity contribution in [3.8, 4) is 0 Å². The molecule has 1 aromatic rings. The SMILES string of the molecule is CC1CCC(C(O)C2Cc3ccccc3C2)CC1C. The largest absolute Gasteiger partial charge is 0.393 e. The van der Waals surface area contributed by atoms with Crippen molar-refractivity contribution in [3.05, 3.63) is 35.4 Å². The second-order valence-electron chi connectivity index (χ2n) is 6.96. The smallest absolute Gasteiger partial charge is 0.0603 e. The standard InChI is InChI=1S/C18H26O/c1-12-7-8-16(9-13(12)2)18(19)17-10-14-5-3-4-6-15(14)11-17/h3-6,12-13,16-19H,7-11H2,1-2H3. The molecule has 0 aromatic heterocycles. The molecule has 2 aliphatic rings. The Bertz CT molecular complexity index is 414. The molecule has 0 amide bonds. The van der Waals surface area contributed by atoms with Crippen molar-refractivity contribution in [1.82, 2.24) is 0 Å². The molecule has 1 saturated carbocycles. The first-order valence-corrected chi connectivity index (χ1v) is 7.90. The van der Waals surface area contributed by atoms with Gasteiger partial charge in [0.15, 0.2) is 0 Å². The van der Waals surface area contributed by atoms with Crippen LogP contribution in [0.4, 0.5) is 0 Å². The van der Waals surface area contributed by atoms with Crippen LogP contribution in [0.1, 0.15) is 44.2 Å². The average molecular weight is 258 g/mol. The summed E-state index contributed by atoms with van der Waals surface area (Å²) in [4.78, 5) is 0. The van der Waals surface area contributed by atoms with Gasteiger partial charge >= 0.3 is 0 Å². The quantitative estimate of drug-likeness (QED) is 0.854. The second-order valence-corrected chi connectivity index (χ2v) is 6.96. The number of rotatable bonds is 2. The van der Waals surface area contributed by atoms with Crippen LogP contribution in [0, 0.1) is 23.7 Å². The zero-order valence-corrected chi connectivity index (χ0v) is 12.2. The summed E-state index contributed by atoms with van der Waals surface area (Å²) in [5.74, 6) is 2.61. The highest BCUT2D eigenvalue weighted by atomic mass is 16.3. The Morgan fingerprint density at radius 1 is 0.947 bits per heavy atom. The number of benzene rings is 1. The van der Waals surface area contributed by atoms with E-state index in [4.69, 9.17) is 0 Å². The second kappa shape index (κ2) is 5.28. The van der Waals surface area contributed by atoms with E-state index in [2.05, 4.69) is 38.1 Å². The molecule has 1 fully saturated rings. The van der Waals surface area contributed by atoms with Crippen LogP contribution in [0.15, 0.2) is 24.3 Å². The maximum Gasteiger partial charge on any atom is 0.0603 e. The molecule has 2 aliphatic carbocycles. The van der Waals surface area contributed by atoms with E-state index in [1.165, 1.54) is 30.4 Å². The van der Waals surface area contributed by atoms with Crippen molar-refractivity contribution in [2.75, 3.05) is 0 Å². The molecule has 104 valence electrons. The maximum atomic E-state index is 10.7. The Balaban J connectivity index is 1.65. The summed E-state index contributed by atoms with van der Waals surface area (Å²) in [6, 6.07) is 8.71. The molecular weight excluding hydrogens is 232 g/mol. The molecule has 0 saturated heterocycles. The van der Waals surface area contributed by atoms with Crippen LogP contribution >= 0.6 is 0 Å². The maximum absolute atomic E-state index is 10.7. The van der Waals surface area contributed by atoms with Crippen LogP contribution in [-0.4, -0.2) is 11.2 Å². The van der Waals surface area contributed by atoms with Gasteiger partial charge in [-0.25, -0.2) is 0 Å². The number of hydrogen-bond acceptors (Lipinski definition) is 1. The van der Waals surface area contributed by atoms with E-state index >= 15 is 0 Å². The fourth-order valence-corrected chi connectivity index (χ4v) is 4.12. The molecule has 0 aliphatic heterocycles. The molecule has 3 rings (SSSR count). The van der Waals surface area contributed by atoms with Gasteiger partial charge < -0.3 is 5.11 Å². The first-order valence-electron chi connectivity index (χ1n) is 7.90. The Morgan fingerprint density at radius 2 is 1.58 bits per heavy atom. The van der Waals surface area contributed by atoms with Gasteiger partial charge in [0.1, 0.15) is 0 Å². The minimum absolute atomic E-state index is 0.0950. The fraction of sp³-hybridized carbons (Fsp3) is 0.667. The topological polar surface area (TPSA) is 20.2 Å². The zero-order valence-electron chi connectivity index (χ0n) is 12.2. The van der Waals surface area contributed by atoms with E-state index in [0.29, 0.717) is 11.8 Å². The summed E-state index contributed by atoms with van der Waals surface area (Å²) in [7, 11) is 0. The molecule has 1 aromatic carbocycles. The third-order valence-corrected chi connectivity index (χ3v) is 5.69.